The maximum Gasteiger partial charge on any atom is 0.183 e. The molecule has 4 nitrogen and oxygen atoms in total. The first-order valence-corrected chi connectivity index (χ1v) is 5.23. The number of thioether (sulfide) groups is 1. The molecule has 1 unspecified atom stereocenters. The minimum absolute atomic E-state index is 0.184. The fourth-order valence-electron chi connectivity index (χ4n) is 0.737. The van der Waals surface area contributed by atoms with Crippen molar-refractivity contribution in [1.29, 1.82) is 5.26 Å². The predicted molar refractivity (Wildman–Crippen MR) is 55.7 cm³/mol. The molecule has 0 fully saturated rings. The van der Waals surface area contributed by atoms with Crippen molar-refractivity contribution in [3.8, 4) is 6.19 Å². The first-order valence-electron chi connectivity index (χ1n) is 4.00. The van der Waals surface area contributed by atoms with Gasteiger partial charge in [-0.1, -0.05) is 11.8 Å². The Morgan fingerprint density at radius 2 is 2.46 bits per heavy atom. The van der Waals surface area contributed by atoms with Gasteiger partial charge in [0.25, 0.3) is 0 Å². The summed E-state index contributed by atoms with van der Waals surface area (Å²) < 4.78 is 4.93. The van der Waals surface area contributed by atoms with Crippen molar-refractivity contribution in [3.63, 3.8) is 0 Å². The molecule has 0 saturated heterocycles. The van der Waals surface area contributed by atoms with Crippen LogP contribution < -0.4 is 5.32 Å². The van der Waals surface area contributed by atoms with Gasteiger partial charge in [0, 0.05) is 13.7 Å². The molecule has 13 heavy (non-hydrogen) atoms. The zero-order valence-corrected chi connectivity index (χ0v) is 9.02. The lowest BCUT2D eigenvalue weighted by atomic mass is 10.3. The van der Waals surface area contributed by atoms with Gasteiger partial charge in [0.05, 0.1) is 6.04 Å². The van der Waals surface area contributed by atoms with Crippen molar-refractivity contribution >= 4 is 16.9 Å². The Morgan fingerprint density at radius 3 is 2.92 bits per heavy atom. The van der Waals surface area contributed by atoms with Gasteiger partial charge in [-0.3, -0.25) is 10.3 Å². The topological polar surface area (TPSA) is 57.4 Å². The highest BCUT2D eigenvalue weighted by atomic mass is 32.2. The van der Waals surface area contributed by atoms with Gasteiger partial charge in [-0.05, 0) is 19.6 Å². The summed E-state index contributed by atoms with van der Waals surface area (Å²) in [6, 6.07) is 0.184. The molecule has 0 bridgehead atoms. The number of ether oxygens (including phenoxy) is 1. The first kappa shape index (κ1) is 12.3. The fourth-order valence-corrected chi connectivity index (χ4v) is 1.17. The minimum atomic E-state index is 0.184. The van der Waals surface area contributed by atoms with Crippen molar-refractivity contribution < 1.29 is 4.74 Å². The quantitative estimate of drug-likeness (QED) is 0.321. The molecule has 0 amide bonds. The van der Waals surface area contributed by atoms with E-state index in [2.05, 4.69) is 10.3 Å². The Hall–Kier alpha value is -0.730. The van der Waals surface area contributed by atoms with Crippen LogP contribution in [0.5, 0.6) is 0 Å². The zero-order chi connectivity index (χ0) is 10.1. The molecule has 0 rings (SSSR count). The standard InChI is InChI=1S/C8H15N3OS/c1-7(4-5-12-2)11-8(13-3)10-6-9/h7H,4-5H2,1-3H3,(H,10,11). The highest BCUT2D eigenvalue weighted by Gasteiger charge is 2.01. The second-order valence-corrected chi connectivity index (χ2v) is 3.30. The van der Waals surface area contributed by atoms with Crippen LogP contribution in [0.3, 0.4) is 0 Å². The average Bonchev–Trinajstić information content (AvgIpc) is 2.14. The maximum absolute atomic E-state index is 8.38. The monoisotopic (exact) mass is 201 g/mol. The van der Waals surface area contributed by atoms with Gasteiger partial charge in [-0.25, -0.2) is 0 Å². The van der Waals surface area contributed by atoms with Crippen molar-refractivity contribution in [2.45, 2.75) is 19.4 Å². The number of rotatable bonds is 4. The van der Waals surface area contributed by atoms with Gasteiger partial charge in [-0.15, -0.1) is 0 Å². The summed E-state index contributed by atoms with van der Waals surface area (Å²) in [6.45, 7) is 2.69. The summed E-state index contributed by atoms with van der Waals surface area (Å²) in [6.07, 6.45) is 4.60. The van der Waals surface area contributed by atoms with Crippen LogP contribution in [0.2, 0.25) is 0 Å². The number of nitrogens with one attached hydrogen (secondary N) is 1. The number of methoxy groups -OCH3 is 1. The minimum Gasteiger partial charge on any atom is -0.385 e. The largest absolute Gasteiger partial charge is 0.385 e. The number of nitriles is 1. The molecule has 74 valence electrons. The lowest BCUT2D eigenvalue weighted by molar-refractivity contribution is 0.190. The summed E-state index contributed by atoms with van der Waals surface area (Å²) in [5, 5.41) is 11.6. The van der Waals surface area contributed by atoms with E-state index < -0.39 is 0 Å². The van der Waals surface area contributed by atoms with E-state index >= 15 is 0 Å². The van der Waals surface area contributed by atoms with Crippen LogP contribution in [0.4, 0.5) is 0 Å². The van der Waals surface area contributed by atoms with Crippen LogP contribution >= 0.6 is 11.8 Å². The molecule has 0 aliphatic carbocycles. The molecule has 0 aromatic rings. The molecule has 0 heterocycles. The third kappa shape index (κ3) is 6.43. The molecular weight excluding hydrogens is 186 g/mol. The van der Waals surface area contributed by atoms with Gasteiger partial charge in [0.15, 0.2) is 11.4 Å². The van der Waals surface area contributed by atoms with E-state index in [1.54, 1.807) is 7.11 Å². The van der Waals surface area contributed by atoms with Gasteiger partial charge < -0.3 is 4.74 Å². The maximum atomic E-state index is 8.38. The van der Waals surface area contributed by atoms with Crippen LogP contribution in [0.25, 0.3) is 0 Å². The molecule has 0 radical (unpaired) electrons. The van der Waals surface area contributed by atoms with Crippen molar-refractivity contribution in [2.75, 3.05) is 20.0 Å². The Morgan fingerprint density at radius 1 is 1.77 bits per heavy atom. The Bertz CT molecular complexity index is 200. The van der Waals surface area contributed by atoms with Crippen LogP contribution in [0.1, 0.15) is 13.3 Å². The Labute approximate surface area is 83.4 Å². The lowest BCUT2D eigenvalue weighted by Crippen LogP contribution is -2.16. The average molecular weight is 201 g/mol. The summed E-state index contributed by atoms with van der Waals surface area (Å²) >= 11 is 1.43. The molecule has 0 spiro atoms. The van der Waals surface area contributed by atoms with E-state index in [-0.39, 0.29) is 6.04 Å². The molecule has 0 aromatic heterocycles. The molecule has 0 saturated carbocycles. The van der Waals surface area contributed by atoms with Crippen LogP contribution in [-0.4, -0.2) is 31.2 Å². The molecule has 1 atom stereocenters. The summed E-state index contributed by atoms with van der Waals surface area (Å²) in [5.74, 6) is 0. The summed E-state index contributed by atoms with van der Waals surface area (Å²) in [7, 11) is 1.67. The number of nitrogens with zero attached hydrogens (tertiary/aromatic N) is 2. The zero-order valence-electron chi connectivity index (χ0n) is 8.20. The molecule has 5 heteroatoms. The van der Waals surface area contributed by atoms with Gasteiger partial charge in [-0.2, -0.15) is 5.26 Å². The van der Waals surface area contributed by atoms with Gasteiger partial charge in [0.1, 0.15) is 0 Å². The molecular formula is C8H15N3OS. The third-order valence-electron chi connectivity index (χ3n) is 1.43. The van der Waals surface area contributed by atoms with Crippen molar-refractivity contribution in [1.82, 2.24) is 5.32 Å². The van der Waals surface area contributed by atoms with E-state index in [0.29, 0.717) is 11.8 Å². The smallest absolute Gasteiger partial charge is 0.183 e. The van der Waals surface area contributed by atoms with E-state index in [4.69, 9.17) is 10.00 Å². The van der Waals surface area contributed by atoms with Gasteiger partial charge >= 0.3 is 0 Å². The number of hydrogen-bond donors (Lipinski definition) is 1. The number of amidine groups is 1. The highest BCUT2D eigenvalue weighted by molar-refractivity contribution is 8.13. The number of hydrogen-bond acceptors (Lipinski definition) is 4. The van der Waals surface area contributed by atoms with E-state index in [0.717, 1.165) is 6.42 Å². The second kappa shape index (κ2) is 7.90. The lowest BCUT2D eigenvalue weighted by Gasteiger charge is -2.07. The van der Waals surface area contributed by atoms with E-state index in [1.807, 2.05) is 19.4 Å². The summed E-state index contributed by atoms with van der Waals surface area (Å²) in [5.41, 5.74) is 0. The fraction of sp³-hybridized carbons (Fsp3) is 0.750. The third-order valence-corrected chi connectivity index (χ3v) is 2.03. The van der Waals surface area contributed by atoms with Crippen LogP contribution in [0.15, 0.2) is 4.99 Å². The SMILES string of the molecule is COCCC(C)N=C(NC#N)SC. The highest BCUT2D eigenvalue weighted by Crippen LogP contribution is 2.02. The molecule has 0 aliphatic heterocycles. The first-order chi connectivity index (χ1) is 6.24. The molecule has 1 N–H and O–H groups in total. The Kier molecular flexibility index (Phi) is 7.45. The molecule has 0 aliphatic rings. The Balaban J connectivity index is 3.93. The second-order valence-electron chi connectivity index (χ2n) is 2.51. The van der Waals surface area contributed by atoms with E-state index in [9.17, 15) is 0 Å². The molecule has 0 aromatic carbocycles. The van der Waals surface area contributed by atoms with Crippen LogP contribution in [0, 0.1) is 11.5 Å². The predicted octanol–water partition coefficient (Wildman–Crippen LogP) is 1.20. The van der Waals surface area contributed by atoms with Gasteiger partial charge in [0.2, 0.25) is 0 Å². The number of aliphatic imine (C=N–C) groups is 1. The van der Waals surface area contributed by atoms with Crippen molar-refractivity contribution in [3.05, 3.63) is 0 Å². The van der Waals surface area contributed by atoms with E-state index in [1.165, 1.54) is 11.8 Å². The normalized spacial score (nSPS) is 13.5. The van der Waals surface area contributed by atoms with Crippen molar-refractivity contribution in [2.24, 2.45) is 4.99 Å². The summed E-state index contributed by atoms with van der Waals surface area (Å²) in [4.78, 5) is 4.29. The van der Waals surface area contributed by atoms with Crippen LogP contribution in [-0.2, 0) is 4.74 Å².